The predicted molar refractivity (Wildman–Crippen MR) is 79.3 cm³/mol. The molecule has 0 aromatic heterocycles. The Morgan fingerprint density at radius 1 is 1.37 bits per heavy atom. The minimum atomic E-state index is 0.169. The molecule has 1 aliphatic heterocycles. The number of hydrogen-bond acceptors (Lipinski definition) is 3. The number of nitrogens with zero attached hydrogens (tertiary/aromatic N) is 1. The van der Waals surface area contributed by atoms with Gasteiger partial charge in [0.2, 0.25) is 0 Å². The molecule has 0 saturated carbocycles. The molecule has 0 amide bonds. The molecule has 106 valence electrons. The van der Waals surface area contributed by atoms with Gasteiger partial charge in [0.15, 0.2) is 0 Å². The van der Waals surface area contributed by atoms with Crippen molar-refractivity contribution in [3.8, 4) is 0 Å². The van der Waals surface area contributed by atoms with Crippen LogP contribution >= 0.6 is 0 Å². The van der Waals surface area contributed by atoms with E-state index in [9.17, 15) is 5.11 Å². The Hall–Kier alpha value is -0.900. The maximum atomic E-state index is 9.56. The van der Waals surface area contributed by atoms with Crippen molar-refractivity contribution in [1.82, 2.24) is 10.2 Å². The summed E-state index contributed by atoms with van der Waals surface area (Å²) >= 11 is 0. The second kappa shape index (κ2) is 7.04. The van der Waals surface area contributed by atoms with Gasteiger partial charge in [-0.25, -0.2) is 0 Å². The minimum absolute atomic E-state index is 0.169. The molecular formula is C16H26N2O. The molecule has 0 aliphatic carbocycles. The minimum Gasteiger partial charge on any atom is -0.395 e. The van der Waals surface area contributed by atoms with Gasteiger partial charge in [0.05, 0.1) is 6.61 Å². The van der Waals surface area contributed by atoms with Gasteiger partial charge in [0.1, 0.15) is 0 Å². The van der Waals surface area contributed by atoms with Crippen LogP contribution in [-0.4, -0.2) is 48.3 Å². The Bertz CT molecular complexity index is 368. The molecule has 1 heterocycles. The molecule has 1 aromatic rings. The highest BCUT2D eigenvalue weighted by Crippen LogP contribution is 2.16. The second-order valence-corrected chi connectivity index (χ2v) is 5.79. The summed E-state index contributed by atoms with van der Waals surface area (Å²) < 4.78 is 0. The van der Waals surface area contributed by atoms with Crippen LogP contribution < -0.4 is 5.32 Å². The smallest absolute Gasteiger partial charge is 0.0587 e. The van der Waals surface area contributed by atoms with Gasteiger partial charge in [-0.05, 0) is 45.3 Å². The van der Waals surface area contributed by atoms with Crippen molar-refractivity contribution >= 4 is 0 Å². The standard InChI is InChI=1S/C16H26N2O/c1-13-10-15(8-9-18(13)2)17-16(12-19)11-14-6-4-3-5-7-14/h3-7,13,15-17,19H,8-12H2,1-2H3/t13?,15?,16-/m0/s1. The number of aliphatic hydroxyl groups excluding tert-OH is 1. The highest BCUT2D eigenvalue weighted by molar-refractivity contribution is 5.16. The number of benzene rings is 1. The van der Waals surface area contributed by atoms with E-state index in [1.807, 2.05) is 6.07 Å². The molecule has 0 spiro atoms. The molecule has 3 nitrogen and oxygen atoms in total. The average Bonchev–Trinajstić information content (AvgIpc) is 2.43. The monoisotopic (exact) mass is 262 g/mol. The molecule has 3 heteroatoms. The average molecular weight is 262 g/mol. The lowest BCUT2D eigenvalue weighted by atomic mass is 9.97. The molecule has 3 atom stereocenters. The van der Waals surface area contributed by atoms with Gasteiger partial charge in [0, 0.05) is 18.1 Å². The van der Waals surface area contributed by atoms with Crippen molar-refractivity contribution in [3.63, 3.8) is 0 Å². The third kappa shape index (κ3) is 4.30. The highest BCUT2D eigenvalue weighted by Gasteiger charge is 2.24. The molecular weight excluding hydrogens is 236 g/mol. The molecule has 1 aromatic carbocycles. The van der Waals surface area contributed by atoms with Gasteiger partial charge in [-0.1, -0.05) is 30.3 Å². The number of likely N-dealkylation sites (tertiary alicyclic amines) is 1. The highest BCUT2D eigenvalue weighted by atomic mass is 16.3. The fourth-order valence-corrected chi connectivity index (χ4v) is 2.85. The van der Waals surface area contributed by atoms with Crippen LogP contribution in [-0.2, 0) is 6.42 Å². The summed E-state index contributed by atoms with van der Waals surface area (Å²) in [6.07, 6.45) is 3.24. The van der Waals surface area contributed by atoms with E-state index in [0.717, 1.165) is 13.0 Å². The number of rotatable bonds is 5. The normalized spacial score (nSPS) is 26.3. The Morgan fingerprint density at radius 2 is 2.11 bits per heavy atom. The van der Waals surface area contributed by atoms with Gasteiger partial charge >= 0.3 is 0 Å². The van der Waals surface area contributed by atoms with Gasteiger partial charge in [-0.3, -0.25) is 0 Å². The Kier molecular flexibility index (Phi) is 5.37. The summed E-state index contributed by atoms with van der Waals surface area (Å²) in [6.45, 7) is 3.62. The maximum Gasteiger partial charge on any atom is 0.0587 e. The van der Waals surface area contributed by atoms with Crippen molar-refractivity contribution < 1.29 is 5.11 Å². The van der Waals surface area contributed by atoms with Crippen LogP contribution in [0.1, 0.15) is 25.3 Å². The molecule has 0 radical (unpaired) electrons. The van der Waals surface area contributed by atoms with Crippen molar-refractivity contribution in [2.75, 3.05) is 20.2 Å². The third-order valence-electron chi connectivity index (χ3n) is 4.23. The van der Waals surface area contributed by atoms with E-state index < -0.39 is 0 Å². The van der Waals surface area contributed by atoms with Crippen LogP contribution in [0, 0.1) is 0 Å². The zero-order valence-corrected chi connectivity index (χ0v) is 12.0. The van der Waals surface area contributed by atoms with Crippen molar-refractivity contribution in [1.29, 1.82) is 0 Å². The number of hydrogen-bond donors (Lipinski definition) is 2. The first-order valence-electron chi connectivity index (χ1n) is 7.30. The zero-order chi connectivity index (χ0) is 13.7. The first-order valence-corrected chi connectivity index (χ1v) is 7.30. The van der Waals surface area contributed by atoms with E-state index in [1.165, 1.54) is 18.4 Å². The molecule has 2 unspecified atom stereocenters. The van der Waals surface area contributed by atoms with Crippen LogP contribution in [0.25, 0.3) is 0 Å². The van der Waals surface area contributed by atoms with Gasteiger partial charge < -0.3 is 15.3 Å². The quantitative estimate of drug-likeness (QED) is 0.847. The lowest BCUT2D eigenvalue weighted by Crippen LogP contribution is -2.50. The fraction of sp³-hybridized carbons (Fsp3) is 0.625. The summed E-state index contributed by atoms with van der Waals surface area (Å²) in [5, 5.41) is 13.2. The number of aliphatic hydroxyl groups is 1. The van der Waals surface area contributed by atoms with Crippen LogP contribution in [0.2, 0.25) is 0 Å². The van der Waals surface area contributed by atoms with Crippen LogP contribution in [0.15, 0.2) is 30.3 Å². The van der Waals surface area contributed by atoms with Crippen LogP contribution in [0.5, 0.6) is 0 Å². The van der Waals surface area contributed by atoms with Crippen molar-refractivity contribution in [3.05, 3.63) is 35.9 Å². The van der Waals surface area contributed by atoms with E-state index >= 15 is 0 Å². The Morgan fingerprint density at radius 3 is 2.74 bits per heavy atom. The summed E-state index contributed by atoms with van der Waals surface area (Å²) in [7, 11) is 2.19. The first kappa shape index (κ1) is 14.5. The topological polar surface area (TPSA) is 35.5 Å². The summed E-state index contributed by atoms with van der Waals surface area (Å²) in [6, 6.07) is 11.7. The fourth-order valence-electron chi connectivity index (χ4n) is 2.85. The van der Waals surface area contributed by atoms with Crippen molar-refractivity contribution in [2.24, 2.45) is 0 Å². The summed E-state index contributed by atoms with van der Waals surface area (Å²) in [5.74, 6) is 0. The Labute approximate surface area is 116 Å². The van der Waals surface area contributed by atoms with Gasteiger partial charge in [0.25, 0.3) is 0 Å². The molecule has 0 bridgehead atoms. The van der Waals surface area contributed by atoms with E-state index in [1.54, 1.807) is 0 Å². The summed E-state index contributed by atoms with van der Waals surface area (Å²) in [5.41, 5.74) is 1.29. The van der Waals surface area contributed by atoms with Gasteiger partial charge in [-0.15, -0.1) is 0 Å². The molecule has 19 heavy (non-hydrogen) atoms. The van der Waals surface area contributed by atoms with E-state index in [0.29, 0.717) is 12.1 Å². The predicted octanol–water partition coefficient (Wildman–Crippen LogP) is 1.66. The van der Waals surface area contributed by atoms with E-state index in [4.69, 9.17) is 0 Å². The summed E-state index contributed by atoms with van der Waals surface area (Å²) in [4.78, 5) is 2.41. The van der Waals surface area contributed by atoms with E-state index in [2.05, 4.69) is 48.5 Å². The van der Waals surface area contributed by atoms with Gasteiger partial charge in [-0.2, -0.15) is 0 Å². The molecule has 1 saturated heterocycles. The third-order valence-corrected chi connectivity index (χ3v) is 4.23. The largest absolute Gasteiger partial charge is 0.395 e. The van der Waals surface area contributed by atoms with Crippen LogP contribution in [0.3, 0.4) is 0 Å². The zero-order valence-electron chi connectivity index (χ0n) is 12.0. The second-order valence-electron chi connectivity index (χ2n) is 5.79. The molecule has 2 rings (SSSR count). The lowest BCUT2D eigenvalue weighted by Gasteiger charge is -2.37. The van der Waals surface area contributed by atoms with E-state index in [-0.39, 0.29) is 12.6 Å². The van der Waals surface area contributed by atoms with Crippen molar-refractivity contribution in [2.45, 2.75) is 44.3 Å². The Balaban J connectivity index is 1.85. The molecule has 1 fully saturated rings. The molecule has 2 N–H and O–H groups in total. The maximum absolute atomic E-state index is 9.56. The van der Waals surface area contributed by atoms with Crippen LogP contribution in [0.4, 0.5) is 0 Å². The first-order chi connectivity index (χ1) is 9.19. The number of nitrogens with one attached hydrogen (secondary N) is 1. The molecule has 1 aliphatic rings. The SMILES string of the molecule is CC1CC(N[C@H](CO)Cc2ccccc2)CCN1C. The lowest BCUT2D eigenvalue weighted by molar-refractivity contribution is 0.148. The number of piperidine rings is 1.